The number of nitrogens with zero attached hydrogens (tertiary/aromatic N) is 1. The van der Waals surface area contributed by atoms with Gasteiger partial charge in [-0.05, 0) is 56.7 Å². The largest absolute Gasteiger partial charge is 0.496 e. The number of carbonyl (C=O) groups is 1. The molecule has 0 aromatic heterocycles. The van der Waals surface area contributed by atoms with Crippen LogP contribution in [0.3, 0.4) is 0 Å². The molecule has 2 atom stereocenters. The number of carbonyl (C=O) groups excluding carboxylic acids is 1. The maximum atomic E-state index is 12.9. The van der Waals surface area contributed by atoms with Crippen molar-refractivity contribution in [1.82, 2.24) is 10.2 Å². The lowest BCUT2D eigenvalue weighted by Crippen LogP contribution is -2.47. The van der Waals surface area contributed by atoms with Crippen LogP contribution in [0.5, 0.6) is 5.75 Å². The molecule has 0 bridgehead atoms. The topological polar surface area (TPSA) is 67.6 Å². The molecular weight excluding hydrogens is 362 g/mol. The van der Waals surface area contributed by atoms with Crippen LogP contribution in [0.1, 0.15) is 55.8 Å². The third-order valence-corrected chi connectivity index (χ3v) is 6.49. The number of likely N-dealkylation sites (tertiary alicyclic amines) is 1. The number of ether oxygens (including phenoxy) is 1. The first-order chi connectivity index (χ1) is 13.0. The highest BCUT2D eigenvalue weighted by molar-refractivity contribution is 6.33. The molecule has 3 rings (SSSR count). The second-order valence-corrected chi connectivity index (χ2v) is 8.59. The maximum Gasteiger partial charge on any atom is 0.255 e. The van der Waals surface area contributed by atoms with Crippen LogP contribution in [-0.4, -0.2) is 43.6 Å². The van der Waals surface area contributed by atoms with Gasteiger partial charge in [-0.25, -0.2) is 0 Å². The molecule has 1 aromatic carbocycles. The second-order valence-electron chi connectivity index (χ2n) is 8.18. The van der Waals surface area contributed by atoms with Crippen molar-refractivity contribution in [2.75, 3.05) is 32.5 Å². The summed E-state index contributed by atoms with van der Waals surface area (Å²) in [6.07, 6.45) is 7.19. The van der Waals surface area contributed by atoms with E-state index < -0.39 is 0 Å². The van der Waals surface area contributed by atoms with Crippen molar-refractivity contribution in [3.8, 4) is 5.75 Å². The van der Waals surface area contributed by atoms with Crippen LogP contribution in [0.4, 0.5) is 5.69 Å². The minimum Gasteiger partial charge on any atom is -0.496 e. The number of halogens is 1. The molecule has 1 aromatic rings. The molecule has 150 valence electrons. The summed E-state index contributed by atoms with van der Waals surface area (Å²) >= 11 is 6.13. The fourth-order valence-corrected chi connectivity index (χ4v) is 4.52. The van der Waals surface area contributed by atoms with Gasteiger partial charge in [0.2, 0.25) is 0 Å². The Kier molecular flexibility index (Phi) is 6.88. The van der Waals surface area contributed by atoms with Crippen LogP contribution in [0, 0.1) is 11.8 Å². The van der Waals surface area contributed by atoms with Crippen molar-refractivity contribution >= 4 is 23.2 Å². The van der Waals surface area contributed by atoms with Crippen LogP contribution in [0.15, 0.2) is 12.1 Å². The summed E-state index contributed by atoms with van der Waals surface area (Å²) in [6, 6.07) is 3.42. The SMILES string of the molecule is COc1cc(N)c(Cl)cc1C(=O)N[C@@H]1CCCC[C@H]1CN1CCC(C)CC1. The lowest BCUT2D eigenvalue weighted by Gasteiger charge is -2.38. The minimum atomic E-state index is -0.127. The predicted molar refractivity (Wildman–Crippen MR) is 110 cm³/mol. The Bertz CT molecular complexity index is 659. The summed E-state index contributed by atoms with van der Waals surface area (Å²) in [5.74, 6) is 1.68. The number of benzene rings is 1. The fourth-order valence-electron chi connectivity index (χ4n) is 4.35. The number of methoxy groups -OCH3 is 1. The molecule has 1 aliphatic heterocycles. The normalized spacial score (nSPS) is 24.6. The number of nitrogens with two attached hydrogens (primary N) is 1. The maximum absolute atomic E-state index is 12.9. The number of hydrogen-bond acceptors (Lipinski definition) is 4. The molecule has 2 aliphatic rings. The highest BCUT2D eigenvalue weighted by Crippen LogP contribution is 2.31. The van der Waals surface area contributed by atoms with Gasteiger partial charge in [0.05, 0.1) is 23.4 Å². The predicted octanol–water partition coefficient (Wildman–Crippen LogP) is 3.95. The van der Waals surface area contributed by atoms with Crippen molar-refractivity contribution in [3.63, 3.8) is 0 Å². The highest BCUT2D eigenvalue weighted by atomic mass is 35.5. The molecule has 5 nitrogen and oxygen atoms in total. The van der Waals surface area contributed by atoms with Gasteiger partial charge in [-0.15, -0.1) is 0 Å². The Hall–Kier alpha value is -1.46. The van der Waals surface area contributed by atoms with E-state index in [-0.39, 0.29) is 11.9 Å². The number of anilines is 1. The van der Waals surface area contributed by atoms with Gasteiger partial charge < -0.3 is 20.7 Å². The summed E-state index contributed by atoms with van der Waals surface area (Å²) in [7, 11) is 1.54. The van der Waals surface area contributed by atoms with Gasteiger partial charge in [-0.3, -0.25) is 4.79 Å². The van der Waals surface area contributed by atoms with E-state index in [4.69, 9.17) is 22.1 Å². The molecule has 0 unspecified atom stereocenters. The quantitative estimate of drug-likeness (QED) is 0.743. The van der Waals surface area contributed by atoms with E-state index in [1.807, 2.05) is 0 Å². The number of amides is 1. The zero-order valence-corrected chi connectivity index (χ0v) is 17.2. The summed E-state index contributed by atoms with van der Waals surface area (Å²) in [5.41, 5.74) is 6.70. The van der Waals surface area contributed by atoms with E-state index in [1.165, 1.54) is 38.8 Å². The number of piperidine rings is 1. The Balaban J connectivity index is 1.67. The average molecular weight is 394 g/mol. The van der Waals surface area contributed by atoms with Crippen molar-refractivity contribution < 1.29 is 9.53 Å². The van der Waals surface area contributed by atoms with Crippen LogP contribution in [-0.2, 0) is 0 Å². The lowest BCUT2D eigenvalue weighted by molar-refractivity contribution is 0.0865. The van der Waals surface area contributed by atoms with Crippen molar-refractivity contribution in [3.05, 3.63) is 22.7 Å². The average Bonchev–Trinajstić information content (AvgIpc) is 2.66. The first-order valence-corrected chi connectivity index (χ1v) is 10.5. The first kappa shape index (κ1) is 20.3. The van der Waals surface area contributed by atoms with Gasteiger partial charge >= 0.3 is 0 Å². The van der Waals surface area contributed by atoms with Crippen LogP contribution >= 0.6 is 11.6 Å². The summed E-state index contributed by atoms with van der Waals surface area (Å²) in [6.45, 7) is 5.78. The molecule has 1 saturated heterocycles. The van der Waals surface area contributed by atoms with Crippen LogP contribution < -0.4 is 15.8 Å². The van der Waals surface area contributed by atoms with E-state index in [0.29, 0.717) is 27.9 Å². The molecule has 0 spiro atoms. The molecule has 1 heterocycles. The molecule has 2 fully saturated rings. The van der Waals surface area contributed by atoms with Crippen molar-refractivity contribution in [2.45, 2.75) is 51.5 Å². The van der Waals surface area contributed by atoms with E-state index in [0.717, 1.165) is 25.3 Å². The highest BCUT2D eigenvalue weighted by Gasteiger charge is 2.30. The van der Waals surface area contributed by atoms with E-state index in [9.17, 15) is 4.79 Å². The Morgan fingerprint density at radius 2 is 1.96 bits per heavy atom. The molecule has 27 heavy (non-hydrogen) atoms. The van der Waals surface area contributed by atoms with Gasteiger partial charge in [-0.1, -0.05) is 31.4 Å². The molecule has 3 N–H and O–H groups in total. The standard InChI is InChI=1S/C21H32ClN3O2/c1-14-7-9-25(10-8-14)13-15-5-3-4-6-19(15)24-21(26)16-11-17(22)18(23)12-20(16)27-2/h11-12,14-15,19H,3-10,13,23H2,1-2H3,(H,24,26)/t15-,19+/m0/s1. The smallest absolute Gasteiger partial charge is 0.255 e. The van der Waals surface area contributed by atoms with E-state index in [1.54, 1.807) is 19.2 Å². The molecule has 1 saturated carbocycles. The minimum absolute atomic E-state index is 0.127. The zero-order valence-electron chi connectivity index (χ0n) is 16.5. The zero-order chi connectivity index (χ0) is 19.4. The number of nitrogen functional groups attached to an aromatic ring is 1. The monoisotopic (exact) mass is 393 g/mol. The van der Waals surface area contributed by atoms with E-state index >= 15 is 0 Å². The van der Waals surface area contributed by atoms with Crippen molar-refractivity contribution in [2.24, 2.45) is 11.8 Å². The van der Waals surface area contributed by atoms with Crippen LogP contribution in [0.2, 0.25) is 5.02 Å². The van der Waals surface area contributed by atoms with Gasteiger partial charge in [0, 0.05) is 18.7 Å². The number of hydrogen-bond donors (Lipinski definition) is 2. The van der Waals surface area contributed by atoms with E-state index in [2.05, 4.69) is 17.1 Å². The van der Waals surface area contributed by atoms with Gasteiger partial charge in [0.25, 0.3) is 5.91 Å². The summed E-state index contributed by atoms with van der Waals surface area (Å²) in [4.78, 5) is 15.5. The molecule has 6 heteroatoms. The molecular formula is C21H32ClN3O2. The third kappa shape index (κ3) is 5.08. The number of rotatable bonds is 5. The van der Waals surface area contributed by atoms with Crippen molar-refractivity contribution in [1.29, 1.82) is 0 Å². The van der Waals surface area contributed by atoms with Gasteiger partial charge in [-0.2, -0.15) is 0 Å². The van der Waals surface area contributed by atoms with Gasteiger partial charge in [0.1, 0.15) is 5.75 Å². The third-order valence-electron chi connectivity index (χ3n) is 6.16. The van der Waals surface area contributed by atoms with Crippen LogP contribution in [0.25, 0.3) is 0 Å². The first-order valence-electron chi connectivity index (χ1n) is 10.1. The fraction of sp³-hybridized carbons (Fsp3) is 0.667. The Labute approximate surface area is 167 Å². The Morgan fingerprint density at radius 1 is 1.26 bits per heavy atom. The van der Waals surface area contributed by atoms with Gasteiger partial charge in [0.15, 0.2) is 0 Å². The second kappa shape index (κ2) is 9.16. The summed E-state index contributed by atoms with van der Waals surface area (Å²) in [5, 5.41) is 3.64. The Morgan fingerprint density at radius 3 is 2.67 bits per heavy atom. The molecule has 1 amide bonds. The number of nitrogens with one attached hydrogen (secondary N) is 1. The lowest BCUT2D eigenvalue weighted by atomic mass is 9.83. The molecule has 0 radical (unpaired) electrons. The summed E-state index contributed by atoms with van der Waals surface area (Å²) < 4.78 is 5.34. The molecule has 1 aliphatic carbocycles.